The molecule has 0 N–H and O–H groups in total. The fraction of sp³-hybridized carbons (Fsp3) is 0.833. The average molecular weight is 249 g/mol. The van der Waals surface area contributed by atoms with E-state index in [0.717, 1.165) is 0 Å². The maximum Gasteiger partial charge on any atom is -0.0386 e. The number of rotatable bonds is 0. The topological polar surface area (TPSA) is 0 Å². The largest absolute Gasteiger partial charge is 0.0533 e. The lowest BCUT2D eigenvalue weighted by atomic mass is 10.0. The maximum atomic E-state index is 2.39. The molecule has 0 atom stereocenters. The van der Waals surface area contributed by atoms with Crippen LogP contribution in [0.4, 0.5) is 0 Å². The van der Waals surface area contributed by atoms with Crippen LogP contribution in [0, 0.1) is 19.3 Å². The smallest absolute Gasteiger partial charge is 0.0386 e. The first-order chi connectivity index (χ1) is 9.00. The van der Waals surface area contributed by atoms with E-state index in [0.29, 0.717) is 0 Å². The van der Waals surface area contributed by atoms with Gasteiger partial charge in [-0.1, -0.05) is 83.5 Å². The van der Waals surface area contributed by atoms with Gasteiger partial charge in [-0.2, -0.15) is 0 Å². The van der Waals surface area contributed by atoms with Gasteiger partial charge < -0.3 is 0 Å². The van der Waals surface area contributed by atoms with Crippen LogP contribution in [0.5, 0.6) is 0 Å². The number of hydrogen-bond acceptors (Lipinski definition) is 0. The molecule has 18 heavy (non-hydrogen) atoms. The summed E-state index contributed by atoms with van der Waals surface area (Å²) >= 11 is 0. The van der Waals surface area contributed by atoms with Gasteiger partial charge in [-0.15, -0.1) is 0 Å². The third-order valence-corrected chi connectivity index (χ3v) is 3.67. The Morgan fingerprint density at radius 1 is 0.278 bits per heavy atom. The van der Waals surface area contributed by atoms with E-state index in [1.807, 2.05) is 0 Å². The summed E-state index contributed by atoms with van der Waals surface area (Å²) in [5.41, 5.74) is 0. The normalized spacial score (nSPS) is 24.0. The van der Waals surface area contributed by atoms with Crippen molar-refractivity contribution in [3.05, 3.63) is 19.3 Å². The van der Waals surface area contributed by atoms with Crippen molar-refractivity contribution in [2.45, 2.75) is 96.3 Å². The highest BCUT2D eigenvalue weighted by molar-refractivity contribution is 4.79. The summed E-state index contributed by atoms with van der Waals surface area (Å²) in [6, 6.07) is 0. The van der Waals surface area contributed by atoms with Crippen molar-refractivity contribution in [3.8, 4) is 0 Å². The van der Waals surface area contributed by atoms with Crippen molar-refractivity contribution in [3.63, 3.8) is 0 Å². The van der Waals surface area contributed by atoms with E-state index in [1.54, 1.807) is 0 Å². The van der Waals surface area contributed by atoms with Gasteiger partial charge in [0, 0.05) is 0 Å². The van der Waals surface area contributed by atoms with Crippen LogP contribution in [0.25, 0.3) is 0 Å². The van der Waals surface area contributed by atoms with Gasteiger partial charge in [0.05, 0.1) is 0 Å². The zero-order chi connectivity index (χ0) is 12.7. The Kier molecular flexibility index (Phi) is 12.0. The van der Waals surface area contributed by atoms with E-state index in [4.69, 9.17) is 0 Å². The molecule has 4 aliphatic carbocycles. The van der Waals surface area contributed by atoms with Crippen molar-refractivity contribution in [2.24, 2.45) is 0 Å². The lowest BCUT2D eigenvalue weighted by Gasteiger charge is -2.05. The molecule has 0 bridgehead atoms. The van der Waals surface area contributed by atoms with Gasteiger partial charge >= 0.3 is 0 Å². The number of hydrogen-bond donors (Lipinski definition) is 0. The summed E-state index contributed by atoms with van der Waals surface area (Å²) in [4.78, 5) is 0. The van der Waals surface area contributed by atoms with Crippen molar-refractivity contribution in [1.82, 2.24) is 0 Å². The van der Waals surface area contributed by atoms with Gasteiger partial charge in [0.1, 0.15) is 0 Å². The standard InChI is InChI=1S/C6H11.C5H10.C4H7.C3H5/c1-2-4-6-5-3-1;1-2-4-5-3-1;1-2-4-3-1;1-2-3-1/h1H,2-6H2;1-5H2;1H,2-4H2;1H,2-3H2. The van der Waals surface area contributed by atoms with E-state index in [-0.39, 0.29) is 0 Å². The maximum absolute atomic E-state index is 2.39. The fourth-order valence-corrected chi connectivity index (χ4v) is 1.99. The van der Waals surface area contributed by atoms with Crippen LogP contribution in [-0.4, -0.2) is 0 Å². The van der Waals surface area contributed by atoms with Crippen LogP contribution in [-0.2, 0) is 0 Å². The third kappa shape index (κ3) is 14.1. The van der Waals surface area contributed by atoms with E-state index >= 15 is 0 Å². The first-order valence-electron chi connectivity index (χ1n) is 8.45. The summed E-state index contributed by atoms with van der Waals surface area (Å²) < 4.78 is 0. The zero-order valence-corrected chi connectivity index (χ0v) is 12.3. The first kappa shape index (κ1) is 16.1. The summed E-state index contributed by atoms with van der Waals surface area (Å²) in [5.74, 6) is 0. The van der Waals surface area contributed by atoms with E-state index < -0.39 is 0 Å². The highest BCUT2D eigenvalue weighted by Gasteiger charge is 1.97. The Labute approximate surface area is 116 Å². The Morgan fingerprint density at radius 3 is 0.667 bits per heavy atom. The molecule has 105 valence electrons. The van der Waals surface area contributed by atoms with Crippen LogP contribution >= 0.6 is 0 Å². The molecule has 4 rings (SSSR count). The Bertz CT molecular complexity index is 110. The highest BCUT2D eigenvalue weighted by atomic mass is 14.0. The summed E-state index contributed by atoms with van der Waals surface area (Å²) in [6.07, 6.45) is 28.5. The Morgan fingerprint density at radius 2 is 0.556 bits per heavy atom. The molecule has 0 aliphatic heterocycles. The summed E-state index contributed by atoms with van der Waals surface area (Å²) in [6.45, 7) is 0. The van der Waals surface area contributed by atoms with Gasteiger partial charge in [-0.05, 0) is 32.1 Å². The first-order valence-corrected chi connectivity index (χ1v) is 8.45. The highest BCUT2D eigenvalue weighted by Crippen LogP contribution is 2.15. The van der Waals surface area contributed by atoms with Crippen molar-refractivity contribution in [2.75, 3.05) is 0 Å². The molecule has 0 saturated heterocycles. The summed E-state index contributed by atoms with van der Waals surface area (Å²) in [7, 11) is 0. The molecular formula is C18H33. The minimum Gasteiger partial charge on any atom is -0.0533 e. The monoisotopic (exact) mass is 249 g/mol. The molecule has 4 aliphatic rings. The molecule has 0 spiro atoms. The molecule has 4 saturated carbocycles. The van der Waals surface area contributed by atoms with Crippen LogP contribution < -0.4 is 0 Å². The second-order valence-electron chi connectivity index (χ2n) is 5.78. The van der Waals surface area contributed by atoms with Crippen molar-refractivity contribution < 1.29 is 0 Å². The Balaban J connectivity index is 0.000000123. The van der Waals surface area contributed by atoms with Crippen LogP contribution in [0.1, 0.15) is 96.3 Å². The van der Waals surface area contributed by atoms with Crippen molar-refractivity contribution >= 4 is 0 Å². The van der Waals surface area contributed by atoms with Crippen molar-refractivity contribution in [1.29, 1.82) is 0 Å². The molecule has 3 radical (unpaired) electrons. The quantitative estimate of drug-likeness (QED) is 0.462. The molecule has 0 aromatic rings. The molecule has 0 amide bonds. The van der Waals surface area contributed by atoms with Gasteiger partial charge in [0.25, 0.3) is 0 Å². The molecule has 0 nitrogen and oxygen atoms in total. The molecule has 4 fully saturated rings. The molecule has 0 heteroatoms. The second-order valence-corrected chi connectivity index (χ2v) is 5.78. The van der Waals surface area contributed by atoms with Gasteiger partial charge in [0.15, 0.2) is 0 Å². The average Bonchev–Trinajstić information content (AvgIpc) is 3.12. The van der Waals surface area contributed by atoms with Crippen LogP contribution in [0.2, 0.25) is 0 Å². The fourth-order valence-electron chi connectivity index (χ4n) is 1.99. The van der Waals surface area contributed by atoms with E-state index in [1.165, 1.54) is 96.3 Å². The molecule has 0 aromatic heterocycles. The van der Waals surface area contributed by atoms with Crippen LogP contribution in [0.15, 0.2) is 0 Å². The minimum atomic E-state index is 1.38. The zero-order valence-electron chi connectivity index (χ0n) is 12.3. The Hall–Kier alpha value is 0. The predicted molar refractivity (Wildman–Crippen MR) is 82.2 cm³/mol. The molecule has 0 heterocycles. The lowest BCUT2D eigenvalue weighted by Crippen LogP contribution is -1.87. The predicted octanol–water partition coefficient (Wildman–Crippen LogP) is 6.46. The van der Waals surface area contributed by atoms with E-state index in [2.05, 4.69) is 19.3 Å². The van der Waals surface area contributed by atoms with Gasteiger partial charge in [0.2, 0.25) is 0 Å². The minimum absolute atomic E-state index is 1.38. The van der Waals surface area contributed by atoms with E-state index in [9.17, 15) is 0 Å². The van der Waals surface area contributed by atoms with Gasteiger partial charge in [-0.3, -0.25) is 0 Å². The summed E-state index contributed by atoms with van der Waals surface area (Å²) in [5, 5.41) is 0. The SMILES string of the molecule is C1CCCC1.[CH]1CC1.[CH]1CCC1.[CH]1CCCCC1. The molecule has 0 aromatic carbocycles. The molecule has 0 unspecified atom stereocenters. The lowest BCUT2D eigenvalue weighted by molar-refractivity contribution is 0.593. The third-order valence-electron chi connectivity index (χ3n) is 3.67. The van der Waals surface area contributed by atoms with Gasteiger partial charge in [-0.25, -0.2) is 0 Å². The second kappa shape index (κ2) is 13.4. The molecular weight excluding hydrogens is 216 g/mol. The van der Waals surface area contributed by atoms with Crippen LogP contribution in [0.3, 0.4) is 0 Å².